The normalized spacial score (nSPS) is 36.1. The van der Waals surface area contributed by atoms with Crippen molar-refractivity contribution in [3.8, 4) is 0 Å². The Morgan fingerprint density at radius 1 is 1.21 bits per heavy atom. The SMILES string of the molecule is CC1CC1CNC1CC(=O)N(C2CCCCC2)C1=O. The van der Waals surface area contributed by atoms with E-state index in [9.17, 15) is 9.59 Å². The maximum atomic E-state index is 12.4. The highest BCUT2D eigenvalue weighted by molar-refractivity contribution is 6.05. The summed E-state index contributed by atoms with van der Waals surface area (Å²) in [6.45, 7) is 3.13. The van der Waals surface area contributed by atoms with Crippen LogP contribution < -0.4 is 5.32 Å². The lowest BCUT2D eigenvalue weighted by molar-refractivity contribution is -0.142. The Morgan fingerprint density at radius 2 is 1.89 bits per heavy atom. The topological polar surface area (TPSA) is 49.4 Å². The second kappa shape index (κ2) is 5.23. The van der Waals surface area contributed by atoms with Gasteiger partial charge in [-0.3, -0.25) is 14.5 Å². The van der Waals surface area contributed by atoms with E-state index in [0.29, 0.717) is 12.3 Å². The molecule has 0 radical (unpaired) electrons. The number of rotatable bonds is 4. The Morgan fingerprint density at radius 3 is 2.53 bits per heavy atom. The van der Waals surface area contributed by atoms with E-state index in [2.05, 4.69) is 12.2 Å². The summed E-state index contributed by atoms with van der Waals surface area (Å²) in [5.41, 5.74) is 0. The Hall–Kier alpha value is -0.900. The van der Waals surface area contributed by atoms with Crippen molar-refractivity contribution >= 4 is 11.8 Å². The first-order chi connectivity index (χ1) is 9.16. The first kappa shape index (κ1) is 13.1. The highest BCUT2D eigenvalue weighted by Crippen LogP contribution is 2.37. The van der Waals surface area contributed by atoms with Gasteiger partial charge in [-0.05, 0) is 37.6 Å². The Kier molecular flexibility index (Phi) is 3.61. The zero-order chi connectivity index (χ0) is 13.4. The fourth-order valence-corrected chi connectivity index (χ4v) is 3.51. The van der Waals surface area contributed by atoms with Gasteiger partial charge in [0, 0.05) is 6.04 Å². The Bertz CT molecular complexity index is 376. The van der Waals surface area contributed by atoms with Crippen LogP contribution in [0.3, 0.4) is 0 Å². The van der Waals surface area contributed by atoms with Crippen LogP contribution in [0.25, 0.3) is 0 Å². The quantitative estimate of drug-likeness (QED) is 0.786. The van der Waals surface area contributed by atoms with E-state index in [1.807, 2.05) is 0 Å². The van der Waals surface area contributed by atoms with Gasteiger partial charge >= 0.3 is 0 Å². The molecule has 106 valence electrons. The van der Waals surface area contributed by atoms with Crippen LogP contribution >= 0.6 is 0 Å². The van der Waals surface area contributed by atoms with Crippen LogP contribution in [0.4, 0.5) is 0 Å². The van der Waals surface area contributed by atoms with Crippen molar-refractivity contribution in [2.45, 2.75) is 64.0 Å². The molecule has 4 heteroatoms. The highest BCUT2D eigenvalue weighted by Gasteiger charge is 2.43. The summed E-state index contributed by atoms with van der Waals surface area (Å²) in [6, 6.07) is -0.0670. The lowest BCUT2D eigenvalue weighted by Crippen LogP contribution is -2.45. The number of amides is 2. The third-order valence-electron chi connectivity index (χ3n) is 5.03. The molecule has 0 aromatic carbocycles. The molecule has 3 unspecified atom stereocenters. The van der Waals surface area contributed by atoms with Crippen LogP contribution in [0.2, 0.25) is 0 Å². The maximum Gasteiger partial charge on any atom is 0.247 e. The molecule has 0 aromatic rings. The molecular weight excluding hydrogens is 240 g/mol. The fraction of sp³-hybridized carbons (Fsp3) is 0.867. The van der Waals surface area contributed by atoms with Gasteiger partial charge in [-0.25, -0.2) is 0 Å². The molecule has 0 aromatic heterocycles. The van der Waals surface area contributed by atoms with Crippen molar-refractivity contribution in [2.24, 2.45) is 11.8 Å². The summed E-state index contributed by atoms with van der Waals surface area (Å²) >= 11 is 0. The molecule has 0 bridgehead atoms. The van der Waals surface area contributed by atoms with Crippen molar-refractivity contribution in [1.29, 1.82) is 0 Å². The highest BCUT2D eigenvalue weighted by atomic mass is 16.2. The zero-order valence-electron chi connectivity index (χ0n) is 11.7. The number of imide groups is 1. The van der Waals surface area contributed by atoms with Gasteiger partial charge in [0.15, 0.2) is 0 Å². The summed E-state index contributed by atoms with van der Waals surface area (Å²) in [5.74, 6) is 1.57. The first-order valence-corrected chi connectivity index (χ1v) is 7.76. The van der Waals surface area contributed by atoms with Gasteiger partial charge in [-0.2, -0.15) is 0 Å². The molecule has 3 rings (SSSR count). The molecule has 1 N–H and O–H groups in total. The van der Waals surface area contributed by atoms with Crippen LogP contribution in [0.1, 0.15) is 51.9 Å². The second-order valence-electron chi connectivity index (χ2n) is 6.53. The molecule has 19 heavy (non-hydrogen) atoms. The smallest absolute Gasteiger partial charge is 0.247 e. The van der Waals surface area contributed by atoms with Gasteiger partial charge in [-0.1, -0.05) is 26.2 Å². The van der Waals surface area contributed by atoms with E-state index in [1.165, 1.54) is 12.8 Å². The van der Waals surface area contributed by atoms with Gasteiger partial charge in [-0.15, -0.1) is 0 Å². The number of carbonyl (C=O) groups is 2. The molecule has 1 saturated heterocycles. The predicted octanol–water partition coefficient (Wildman–Crippen LogP) is 1.69. The molecule has 1 aliphatic heterocycles. The standard InChI is InChI=1S/C15H24N2O2/c1-10-7-11(10)9-16-13-8-14(18)17(15(13)19)12-5-3-2-4-6-12/h10-13,16H,2-9H2,1H3. The average Bonchev–Trinajstić information content (AvgIpc) is 3.03. The van der Waals surface area contributed by atoms with Gasteiger partial charge in [0.1, 0.15) is 0 Å². The van der Waals surface area contributed by atoms with E-state index in [-0.39, 0.29) is 23.9 Å². The Balaban J connectivity index is 1.56. The van der Waals surface area contributed by atoms with Crippen molar-refractivity contribution < 1.29 is 9.59 Å². The van der Waals surface area contributed by atoms with Crippen LogP contribution in [0, 0.1) is 11.8 Å². The van der Waals surface area contributed by atoms with Crippen molar-refractivity contribution in [3.63, 3.8) is 0 Å². The zero-order valence-corrected chi connectivity index (χ0v) is 11.7. The molecular formula is C15H24N2O2. The molecule has 2 aliphatic carbocycles. The third kappa shape index (κ3) is 2.69. The second-order valence-corrected chi connectivity index (χ2v) is 6.53. The summed E-state index contributed by atoms with van der Waals surface area (Å²) in [6.07, 6.45) is 7.19. The lowest BCUT2D eigenvalue weighted by atomic mass is 9.94. The molecule has 3 fully saturated rings. The van der Waals surface area contributed by atoms with Crippen molar-refractivity contribution in [1.82, 2.24) is 10.2 Å². The fourth-order valence-electron chi connectivity index (χ4n) is 3.51. The summed E-state index contributed by atoms with van der Waals surface area (Å²) in [7, 11) is 0. The third-order valence-corrected chi connectivity index (χ3v) is 5.03. The minimum absolute atomic E-state index is 0.0326. The maximum absolute atomic E-state index is 12.4. The minimum Gasteiger partial charge on any atom is -0.305 e. The monoisotopic (exact) mass is 264 g/mol. The molecule has 2 amide bonds. The van der Waals surface area contributed by atoms with E-state index < -0.39 is 0 Å². The first-order valence-electron chi connectivity index (χ1n) is 7.76. The van der Waals surface area contributed by atoms with E-state index in [1.54, 1.807) is 4.90 Å². The molecule has 3 atom stereocenters. The number of likely N-dealkylation sites (tertiary alicyclic amines) is 1. The largest absolute Gasteiger partial charge is 0.305 e. The summed E-state index contributed by atoms with van der Waals surface area (Å²) in [4.78, 5) is 26.0. The molecule has 2 saturated carbocycles. The predicted molar refractivity (Wildman–Crippen MR) is 72.4 cm³/mol. The minimum atomic E-state index is -0.248. The molecule has 0 spiro atoms. The van der Waals surface area contributed by atoms with E-state index in [0.717, 1.165) is 38.1 Å². The van der Waals surface area contributed by atoms with Gasteiger partial charge in [0.25, 0.3) is 0 Å². The van der Waals surface area contributed by atoms with Gasteiger partial charge < -0.3 is 5.32 Å². The molecule has 3 aliphatic rings. The van der Waals surface area contributed by atoms with Crippen LogP contribution in [-0.2, 0) is 9.59 Å². The molecule has 4 nitrogen and oxygen atoms in total. The van der Waals surface area contributed by atoms with E-state index >= 15 is 0 Å². The number of hydrogen-bond acceptors (Lipinski definition) is 3. The van der Waals surface area contributed by atoms with Gasteiger partial charge in [0.2, 0.25) is 11.8 Å². The van der Waals surface area contributed by atoms with E-state index in [4.69, 9.17) is 0 Å². The average molecular weight is 264 g/mol. The summed E-state index contributed by atoms with van der Waals surface area (Å²) in [5, 5.41) is 3.31. The molecule has 1 heterocycles. The van der Waals surface area contributed by atoms with Crippen LogP contribution in [-0.4, -0.2) is 35.3 Å². The number of carbonyl (C=O) groups excluding carboxylic acids is 2. The Labute approximate surface area is 114 Å². The van der Waals surface area contributed by atoms with Crippen LogP contribution in [0.15, 0.2) is 0 Å². The van der Waals surface area contributed by atoms with Crippen LogP contribution in [0.5, 0.6) is 0 Å². The van der Waals surface area contributed by atoms with Crippen molar-refractivity contribution in [2.75, 3.05) is 6.54 Å². The number of hydrogen-bond donors (Lipinski definition) is 1. The number of nitrogens with zero attached hydrogens (tertiary/aromatic N) is 1. The lowest BCUT2D eigenvalue weighted by Gasteiger charge is -2.29. The van der Waals surface area contributed by atoms with Gasteiger partial charge in [0.05, 0.1) is 12.5 Å². The summed E-state index contributed by atoms with van der Waals surface area (Å²) < 4.78 is 0. The number of nitrogens with one attached hydrogen (secondary N) is 1. The van der Waals surface area contributed by atoms with Crippen molar-refractivity contribution in [3.05, 3.63) is 0 Å².